The molecule has 1 N–H and O–H groups in total. The van der Waals surface area contributed by atoms with Gasteiger partial charge in [0.1, 0.15) is 5.75 Å². The van der Waals surface area contributed by atoms with Crippen LogP contribution in [0, 0.1) is 17.0 Å². The van der Waals surface area contributed by atoms with Gasteiger partial charge in [-0.2, -0.15) is 0 Å². The number of aryl methyl sites for hydroxylation is 1. The number of anilines is 1. The van der Waals surface area contributed by atoms with Crippen molar-refractivity contribution >= 4 is 17.3 Å². The van der Waals surface area contributed by atoms with Crippen molar-refractivity contribution in [3.8, 4) is 5.75 Å². The Morgan fingerprint density at radius 2 is 1.76 bits per heavy atom. The van der Waals surface area contributed by atoms with Crippen molar-refractivity contribution in [3.63, 3.8) is 0 Å². The Hall–Kier alpha value is -2.89. The van der Waals surface area contributed by atoms with E-state index >= 15 is 0 Å². The van der Waals surface area contributed by atoms with E-state index in [0.29, 0.717) is 22.9 Å². The molecule has 1 unspecified atom stereocenters. The van der Waals surface area contributed by atoms with Crippen LogP contribution >= 0.6 is 0 Å². The number of ether oxygens (including phenoxy) is 1. The highest BCUT2D eigenvalue weighted by Gasteiger charge is 2.17. The standard InChI is InChI=1S/C19H22N2O4/c1-12(2)15-5-8-17(9-6-15)25-14(4)19(22)20-18-10-7-16(21(23)24)11-13(18)3/h5-12,14H,1-4H3,(H,20,22). The van der Waals surface area contributed by atoms with Crippen LogP contribution in [0.2, 0.25) is 0 Å². The number of nitrogens with zero attached hydrogens (tertiary/aromatic N) is 1. The topological polar surface area (TPSA) is 81.5 Å². The van der Waals surface area contributed by atoms with Crippen LogP contribution in [0.5, 0.6) is 5.75 Å². The largest absolute Gasteiger partial charge is 0.481 e. The van der Waals surface area contributed by atoms with Gasteiger partial charge in [0.05, 0.1) is 4.92 Å². The van der Waals surface area contributed by atoms with E-state index in [2.05, 4.69) is 19.2 Å². The molecule has 0 aromatic heterocycles. The smallest absolute Gasteiger partial charge is 0.269 e. The first kappa shape index (κ1) is 18.4. The van der Waals surface area contributed by atoms with Gasteiger partial charge in [-0.1, -0.05) is 26.0 Å². The average molecular weight is 342 g/mol. The van der Waals surface area contributed by atoms with Gasteiger partial charge in [0.2, 0.25) is 0 Å². The maximum absolute atomic E-state index is 12.3. The Morgan fingerprint density at radius 3 is 2.28 bits per heavy atom. The first-order chi connectivity index (χ1) is 11.8. The van der Waals surface area contributed by atoms with Crippen LogP contribution < -0.4 is 10.1 Å². The van der Waals surface area contributed by atoms with Crippen LogP contribution in [0.1, 0.15) is 37.8 Å². The molecule has 6 heteroatoms. The third kappa shape index (κ3) is 4.79. The second kappa shape index (κ2) is 7.79. The molecule has 0 saturated heterocycles. The van der Waals surface area contributed by atoms with Gasteiger partial charge in [0.25, 0.3) is 11.6 Å². The molecule has 1 amide bonds. The van der Waals surface area contributed by atoms with E-state index in [1.54, 1.807) is 13.8 Å². The number of nitrogens with one attached hydrogen (secondary N) is 1. The fourth-order valence-corrected chi connectivity index (χ4v) is 2.32. The van der Waals surface area contributed by atoms with Crippen LogP contribution in [0.4, 0.5) is 11.4 Å². The molecule has 0 bridgehead atoms. The van der Waals surface area contributed by atoms with Gasteiger partial charge in [-0.3, -0.25) is 14.9 Å². The van der Waals surface area contributed by atoms with Crippen molar-refractivity contribution < 1.29 is 14.5 Å². The Bertz CT molecular complexity index is 769. The summed E-state index contributed by atoms with van der Waals surface area (Å²) in [5, 5.41) is 13.5. The molecular weight excluding hydrogens is 320 g/mol. The summed E-state index contributed by atoms with van der Waals surface area (Å²) in [6, 6.07) is 11.9. The third-order valence-electron chi connectivity index (χ3n) is 3.91. The molecule has 1 atom stereocenters. The SMILES string of the molecule is Cc1cc([N+](=O)[O-])ccc1NC(=O)C(C)Oc1ccc(C(C)C)cc1. The number of hydrogen-bond acceptors (Lipinski definition) is 4. The van der Waals surface area contributed by atoms with Crippen molar-refractivity contribution in [3.05, 3.63) is 63.7 Å². The summed E-state index contributed by atoms with van der Waals surface area (Å²) in [7, 11) is 0. The van der Waals surface area contributed by atoms with Crippen LogP contribution in [0.15, 0.2) is 42.5 Å². The average Bonchev–Trinajstić information content (AvgIpc) is 2.56. The van der Waals surface area contributed by atoms with E-state index in [4.69, 9.17) is 4.74 Å². The van der Waals surface area contributed by atoms with E-state index in [9.17, 15) is 14.9 Å². The van der Waals surface area contributed by atoms with Crippen molar-refractivity contribution in [2.45, 2.75) is 39.7 Å². The van der Waals surface area contributed by atoms with Crippen LogP contribution in [0.3, 0.4) is 0 Å². The van der Waals surface area contributed by atoms with Gasteiger partial charge >= 0.3 is 0 Å². The lowest BCUT2D eigenvalue weighted by Gasteiger charge is -2.16. The predicted molar refractivity (Wildman–Crippen MR) is 97.1 cm³/mol. The lowest BCUT2D eigenvalue weighted by molar-refractivity contribution is -0.384. The molecule has 6 nitrogen and oxygen atoms in total. The number of carbonyl (C=O) groups is 1. The third-order valence-corrected chi connectivity index (χ3v) is 3.91. The molecule has 0 aliphatic carbocycles. The Labute approximate surface area is 147 Å². The minimum atomic E-state index is -0.695. The summed E-state index contributed by atoms with van der Waals surface area (Å²) in [6.07, 6.45) is -0.695. The molecule has 0 radical (unpaired) electrons. The minimum absolute atomic E-state index is 0.00922. The summed E-state index contributed by atoms with van der Waals surface area (Å²) in [4.78, 5) is 22.6. The molecule has 25 heavy (non-hydrogen) atoms. The summed E-state index contributed by atoms with van der Waals surface area (Å²) in [5.41, 5.74) is 2.34. The zero-order valence-corrected chi connectivity index (χ0v) is 14.8. The van der Waals surface area contributed by atoms with E-state index < -0.39 is 11.0 Å². The summed E-state index contributed by atoms with van der Waals surface area (Å²) < 4.78 is 5.66. The maximum Gasteiger partial charge on any atom is 0.269 e. The van der Waals surface area contributed by atoms with Crippen molar-refractivity contribution in [2.75, 3.05) is 5.32 Å². The molecule has 132 valence electrons. The molecule has 0 aliphatic rings. The van der Waals surface area contributed by atoms with Gasteiger partial charge in [0, 0.05) is 17.8 Å². The molecule has 0 saturated carbocycles. The highest BCUT2D eigenvalue weighted by molar-refractivity contribution is 5.94. The van der Waals surface area contributed by atoms with Gasteiger partial charge in [-0.05, 0) is 49.1 Å². The summed E-state index contributed by atoms with van der Waals surface area (Å²) in [5.74, 6) is 0.734. The van der Waals surface area contributed by atoms with Gasteiger partial charge in [0.15, 0.2) is 6.10 Å². The summed E-state index contributed by atoms with van der Waals surface area (Å²) >= 11 is 0. The molecule has 2 rings (SSSR count). The minimum Gasteiger partial charge on any atom is -0.481 e. The highest BCUT2D eigenvalue weighted by atomic mass is 16.6. The van der Waals surface area contributed by atoms with E-state index in [1.165, 1.54) is 23.8 Å². The van der Waals surface area contributed by atoms with Gasteiger partial charge in [-0.15, -0.1) is 0 Å². The van der Waals surface area contributed by atoms with Gasteiger partial charge < -0.3 is 10.1 Å². The second-order valence-corrected chi connectivity index (χ2v) is 6.23. The maximum atomic E-state index is 12.3. The van der Waals surface area contributed by atoms with Crippen molar-refractivity contribution in [1.82, 2.24) is 0 Å². The van der Waals surface area contributed by atoms with Crippen LogP contribution in [-0.4, -0.2) is 16.9 Å². The lowest BCUT2D eigenvalue weighted by Crippen LogP contribution is -2.30. The fraction of sp³-hybridized carbons (Fsp3) is 0.316. The number of non-ortho nitro benzene ring substituents is 1. The first-order valence-corrected chi connectivity index (χ1v) is 8.10. The lowest BCUT2D eigenvalue weighted by atomic mass is 10.0. The normalized spacial score (nSPS) is 11.9. The quantitative estimate of drug-likeness (QED) is 0.622. The fourth-order valence-electron chi connectivity index (χ4n) is 2.32. The van der Waals surface area contributed by atoms with E-state index in [0.717, 1.165) is 0 Å². The van der Waals surface area contributed by atoms with Crippen molar-refractivity contribution in [1.29, 1.82) is 0 Å². The monoisotopic (exact) mass is 342 g/mol. The molecule has 2 aromatic carbocycles. The molecule has 0 aliphatic heterocycles. The Balaban J connectivity index is 2.01. The summed E-state index contributed by atoms with van der Waals surface area (Å²) in [6.45, 7) is 7.59. The van der Waals surface area contributed by atoms with Crippen LogP contribution in [-0.2, 0) is 4.79 Å². The second-order valence-electron chi connectivity index (χ2n) is 6.23. The number of carbonyl (C=O) groups excluding carboxylic acids is 1. The number of amides is 1. The first-order valence-electron chi connectivity index (χ1n) is 8.10. The number of rotatable bonds is 6. The molecule has 0 fully saturated rings. The molecule has 2 aromatic rings. The van der Waals surface area contributed by atoms with E-state index in [-0.39, 0.29) is 11.6 Å². The zero-order chi connectivity index (χ0) is 18.6. The molecule has 0 spiro atoms. The molecular formula is C19H22N2O4. The Morgan fingerprint density at radius 1 is 1.12 bits per heavy atom. The number of benzene rings is 2. The van der Waals surface area contributed by atoms with Crippen molar-refractivity contribution in [2.24, 2.45) is 0 Å². The van der Waals surface area contributed by atoms with Gasteiger partial charge in [-0.25, -0.2) is 0 Å². The number of nitro groups is 1. The highest BCUT2D eigenvalue weighted by Crippen LogP contribution is 2.22. The predicted octanol–water partition coefficient (Wildman–Crippen LogP) is 4.43. The Kier molecular flexibility index (Phi) is 5.75. The molecule has 0 heterocycles. The van der Waals surface area contributed by atoms with E-state index in [1.807, 2.05) is 24.3 Å². The van der Waals surface area contributed by atoms with Crippen LogP contribution in [0.25, 0.3) is 0 Å². The zero-order valence-electron chi connectivity index (χ0n) is 14.8. The number of hydrogen-bond donors (Lipinski definition) is 1. The number of nitro benzene ring substituents is 1.